The summed E-state index contributed by atoms with van der Waals surface area (Å²) in [6, 6.07) is 25.3. The van der Waals surface area contributed by atoms with Crippen molar-refractivity contribution >= 4 is 33.7 Å². The lowest BCUT2D eigenvalue weighted by molar-refractivity contribution is 0.589. The Morgan fingerprint density at radius 2 is 1.47 bits per heavy atom. The molecule has 218 valence electrons. The Morgan fingerprint density at radius 3 is 2.05 bits per heavy atom. The lowest BCUT2D eigenvalue weighted by Crippen LogP contribution is -2.14. The fourth-order valence-electron chi connectivity index (χ4n) is 5.27. The Bertz CT molecular complexity index is 1850. The Labute approximate surface area is 256 Å². The van der Waals surface area contributed by atoms with Crippen molar-refractivity contribution in [2.75, 3.05) is 0 Å². The number of rotatable bonds is 6. The summed E-state index contributed by atoms with van der Waals surface area (Å²) < 4.78 is 0. The molecule has 0 fully saturated rings. The molecule has 1 atom stereocenters. The van der Waals surface area contributed by atoms with Gasteiger partial charge in [-0.25, -0.2) is 9.97 Å². The van der Waals surface area contributed by atoms with Crippen LogP contribution < -0.4 is 5.73 Å². The Hall–Kier alpha value is -4.67. The molecule has 2 N–H and O–H groups in total. The molecule has 0 saturated carbocycles. The van der Waals surface area contributed by atoms with E-state index < -0.39 is 0 Å². The van der Waals surface area contributed by atoms with Crippen molar-refractivity contribution in [3.63, 3.8) is 0 Å². The SMILES string of the molecule is C=C.C=CC(N)c1cc(-c2ccc3ccc4ccc(-c5cccc(/C(=C/C)N=CC)c5C)nc4c3n2)cc(C(C)(C)C)c1. The maximum Gasteiger partial charge on any atom is 0.0972 e. The van der Waals surface area contributed by atoms with E-state index >= 15 is 0 Å². The van der Waals surface area contributed by atoms with Gasteiger partial charge in [-0.1, -0.05) is 81.5 Å². The molecule has 0 bridgehead atoms. The van der Waals surface area contributed by atoms with E-state index in [0.29, 0.717) is 0 Å². The Morgan fingerprint density at radius 1 is 0.860 bits per heavy atom. The maximum absolute atomic E-state index is 6.40. The van der Waals surface area contributed by atoms with Gasteiger partial charge in [0, 0.05) is 39.7 Å². The van der Waals surface area contributed by atoms with Crippen LogP contribution in [-0.4, -0.2) is 16.2 Å². The van der Waals surface area contributed by atoms with Crippen LogP contribution in [0, 0.1) is 6.92 Å². The second-order valence-corrected chi connectivity index (χ2v) is 11.5. The number of allylic oxidation sites excluding steroid dienone is 1. The fraction of sp³-hybridized carbons (Fsp3) is 0.205. The number of aliphatic imine (C=N–C) groups is 1. The lowest BCUT2D eigenvalue weighted by atomic mass is 9.83. The van der Waals surface area contributed by atoms with Crippen LogP contribution in [0.15, 0.2) is 110 Å². The van der Waals surface area contributed by atoms with E-state index in [9.17, 15) is 0 Å². The molecule has 0 aliphatic heterocycles. The van der Waals surface area contributed by atoms with Crippen LogP contribution in [0.1, 0.15) is 62.9 Å². The third kappa shape index (κ3) is 6.40. The normalized spacial score (nSPS) is 12.8. The summed E-state index contributed by atoms with van der Waals surface area (Å²) in [5, 5.41) is 2.11. The van der Waals surface area contributed by atoms with E-state index in [1.807, 2.05) is 26.1 Å². The summed E-state index contributed by atoms with van der Waals surface area (Å²) in [4.78, 5) is 15.0. The second kappa shape index (κ2) is 13.1. The van der Waals surface area contributed by atoms with Gasteiger partial charge in [-0.2, -0.15) is 0 Å². The largest absolute Gasteiger partial charge is 0.321 e. The average Bonchev–Trinajstić information content (AvgIpc) is 3.03. The fourth-order valence-corrected chi connectivity index (χ4v) is 5.27. The average molecular weight is 567 g/mol. The van der Waals surface area contributed by atoms with Crippen molar-refractivity contribution in [1.29, 1.82) is 0 Å². The minimum atomic E-state index is -0.244. The third-order valence-electron chi connectivity index (χ3n) is 7.70. The first-order valence-electron chi connectivity index (χ1n) is 14.6. The van der Waals surface area contributed by atoms with Gasteiger partial charge < -0.3 is 5.73 Å². The van der Waals surface area contributed by atoms with Gasteiger partial charge in [0.1, 0.15) is 0 Å². The number of hydrogen-bond donors (Lipinski definition) is 1. The molecule has 0 aliphatic rings. The maximum atomic E-state index is 6.40. The number of aromatic nitrogens is 2. The molecule has 4 heteroatoms. The van der Waals surface area contributed by atoms with Crippen LogP contribution in [0.4, 0.5) is 0 Å². The number of benzene rings is 3. The van der Waals surface area contributed by atoms with Crippen molar-refractivity contribution in [2.24, 2.45) is 10.7 Å². The molecule has 1 unspecified atom stereocenters. The monoisotopic (exact) mass is 566 g/mol. The topological polar surface area (TPSA) is 64.2 Å². The zero-order valence-electron chi connectivity index (χ0n) is 26.3. The molecule has 0 spiro atoms. The summed E-state index contributed by atoms with van der Waals surface area (Å²) in [5.41, 5.74) is 17.5. The van der Waals surface area contributed by atoms with Gasteiger partial charge in [0.15, 0.2) is 0 Å². The summed E-state index contributed by atoms with van der Waals surface area (Å²) in [6.07, 6.45) is 5.65. The lowest BCUT2D eigenvalue weighted by Gasteiger charge is -2.22. The molecular weight excluding hydrogens is 524 g/mol. The van der Waals surface area contributed by atoms with Gasteiger partial charge in [-0.15, -0.1) is 19.7 Å². The van der Waals surface area contributed by atoms with Gasteiger partial charge in [-0.05, 0) is 67.1 Å². The predicted octanol–water partition coefficient (Wildman–Crippen LogP) is 10.2. The molecule has 2 aromatic heterocycles. The summed E-state index contributed by atoms with van der Waals surface area (Å²) >= 11 is 0. The van der Waals surface area contributed by atoms with Crippen LogP contribution in [0.5, 0.6) is 0 Å². The van der Waals surface area contributed by atoms with Crippen LogP contribution in [0.3, 0.4) is 0 Å². The molecule has 3 aromatic carbocycles. The molecule has 0 radical (unpaired) electrons. The van der Waals surface area contributed by atoms with Crippen molar-refractivity contribution in [2.45, 2.75) is 53.0 Å². The van der Waals surface area contributed by atoms with Gasteiger partial charge in [0.05, 0.1) is 28.1 Å². The standard InChI is InChI=1S/C37H38N4.C2H4/c1-8-31(38)26-20-27(22-28(21-26)37(5,6)7)33-18-16-24-14-15-25-17-19-34(41-36(25)35(24)40-33)30-13-11-12-29(23(30)4)32(9-2)39-10-3;1-2/h8-22,31H,1,38H2,2-7H3;1-2H2/b32-9-,39-10?;. The number of nitrogens with zero attached hydrogens (tertiary/aromatic N) is 3. The van der Waals surface area contributed by atoms with Crippen LogP contribution in [-0.2, 0) is 5.41 Å². The van der Waals surface area contributed by atoms with Gasteiger partial charge in [-0.3, -0.25) is 4.99 Å². The first-order chi connectivity index (χ1) is 20.6. The molecule has 0 aliphatic carbocycles. The van der Waals surface area contributed by atoms with Gasteiger partial charge in [0.2, 0.25) is 0 Å². The second-order valence-electron chi connectivity index (χ2n) is 11.5. The highest BCUT2D eigenvalue weighted by molar-refractivity contribution is 6.04. The molecular formula is C39H42N4. The molecule has 2 heterocycles. The van der Waals surface area contributed by atoms with Crippen molar-refractivity contribution in [1.82, 2.24) is 9.97 Å². The predicted molar refractivity (Wildman–Crippen MR) is 188 cm³/mol. The number of nitrogens with two attached hydrogens (primary N) is 1. The van der Waals surface area contributed by atoms with Crippen molar-refractivity contribution in [3.05, 3.63) is 127 Å². The van der Waals surface area contributed by atoms with Crippen molar-refractivity contribution in [3.8, 4) is 22.5 Å². The van der Waals surface area contributed by atoms with E-state index in [4.69, 9.17) is 15.7 Å². The number of fused-ring (bicyclic) bond motifs is 3. The number of hydrogen-bond acceptors (Lipinski definition) is 4. The summed E-state index contributed by atoms with van der Waals surface area (Å²) in [5.74, 6) is 0. The van der Waals surface area contributed by atoms with E-state index in [2.05, 4.69) is 125 Å². The molecule has 0 amide bonds. The van der Waals surface area contributed by atoms with Crippen LogP contribution in [0.25, 0.3) is 50.0 Å². The Kier molecular flexibility index (Phi) is 9.53. The molecule has 5 aromatic rings. The minimum Gasteiger partial charge on any atom is -0.321 e. The Balaban J connectivity index is 0.00000207. The molecule has 0 saturated heterocycles. The smallest absolute Gasteiger partial charge is 0.0972 e. The highest BCUT2D eigenvalue weighted by Gasteiger charge is 2.18. The summed E-state index contributed by atoms with van der Waals surface area (Å²) in [6.45, 7) is 22.7. The number of pyridine rings is 2. The van der Waals surface area contributed by atoms with E-state index in [1.165, 1.54) is 5.56 Å². The first kappa shape index (κ1) is 31.3. The van der Waals surface area contributed by atoms with Crippen LogP contribution >= 0.6 is 0 Å². The highest BCUT2D eigenvalue weighted by atomic mass is 14.8. The first-order valence-corrected chi connectivity index (χ1v) is 14.6. The third-order valence-corrected chi connectivity index (χ3v) is 7.70. The van der Waals surface area contributed by atoms with Gasteiger partial charge in [0.25, 0.3) is 0 Å². The van der Waals surface area contributed by atoms with E-state index in [0.717, 1.165) is 66.7 Å². The highest BCUT2D eigenvalue weighted by Crippen LogP contribution is 2.34. The van der Waals surface area contributed by atoms with Gasteiger partial charge >= 0.3 is 0 Å². The molecule has 43 heavy (non-hydrogen) atoms. The quantitative estimate of drug-likeness (QED) is 0.126. The zero-order chi connectivity index (χ0) is 31.3. The van der Waals surface area contributed by atoms with E-state index in [-0.39, 0.29) is 11.5 Å². The van der Waals surface area contributed by atoms with Crippen LogP contribution in [0.2, 0.25) is 0 Å². The minimum absolute atomic E-state index is 0.0344. The molecule has 5 rings (SSSR count). The zero-order valence-corrected chi connectivity index (χ0v) is 26.3. The molecule has 4 nitrogen and oxygen atoms in total. The van der Waals surface area contributed by atoms with Crippen molar-refractivity contribution < 1.29 is 0 Å². The summed E-state index contributed by atoms with van der Waals surface area (Å²) in [7, 11) is 0. The van der Waals surface area contributed by atoms with E-state index in [1.54, 1.807) is 6.08 Å².